The van der Waals surface area contributed by atoms with Crippen LogP contribution in [-0.2, 0) is 6.54 Å². The highest BCUT2D eigenvalue weighted by Crippen LogP contribution is 2.45. The van der Waals surface area contributed by atoms with Crippen molar-refractivity contribution in [1.82, 2.24) is 19.7 Å². The molecule has 0 amide bonds. The van der Waals surface area contributed by atoms with Crippen LogP contribution in [0.1, 0.15) is 34.5 Å². The lowest BCUT2D eigenvalue weighted by molar-refractivity contribution is 0.0696. The number of piperidine rings is 1. The maximum absolute atomic E-state index is 13.4. The number of aromatic nitrogens is 4. The molecule has 2 fully saturated rings. The zero-order valence-electron chi connectivity index (χ0n) is 12.6. The number of nitrogens with zero attached hydrogens (tertiary/aromatic N) is 5. The van der Waals surface area contributed by atoms with Crippen LogP contribution in [0.3, 0.4) is 0 Å². The van der Waals surface area contributed by atoms with Crippen molar-refractivity contribution in [3.8, 4) is 0 Å². The van der Waals surface area contributed by atoms with E-state index in [0.29, 0.717) is 17.8 Å². The van der Waals surface area contributed by atoms with Crippen molar-refractivity contribution in [1.29, 1.82) is 0 Å². The number of anilines is 1. The smallest absolute Gasteiger partial charge is 0.338 e. The SMILES string of the molecule is O=C(O)c1cnn(Cc2cnc(N3CC4CC4C3)nc2C(F)F)c1. The molecule has 2 aliphatic rings. The lowest BCUT2D eigenvalue weighted by Crippen LogP contribution is -2.25. The molecule has 2 aromatic rings. The average Bonchev–Trinajstić information content (AvgIpc) is 2.97. The molecule has 0 spiro atoms. The summed E-state index contributed by atoms with van der Waals surface area (Å²) < 4.78 is 28.1. The summed E-state index contributed by atoms with van der Waals surface area (Å²) in [6, 6.07) is 0. The lowest BCUT2D eigenvalue weighted by Gasteiger charge is -2.19. The number of halogens is 2. The summed E-state index contributed by atoms with van der Waals surface area (Å²) in [6.45, 7) is 1.65. The predicted molar refractivity (Wildman–Crippen MR) is 79.1 cm³/mol. The van der Waals surface area contributed by atoms with Crippen molar-refractivity contribution >= 4 is 11.9 Å². The molecule has 0 bridgehead atoms. The first-order chi connectivity index (χ1) is 11.5. The first kappa shape index (κ1) is 15.0. The molecule has 126 valence electrons. The number of hydrogen-bond acceptors (Lipinski definition) is 5. The van der Waals surface area contributed by atoms with Crippen molar-refractivity contribution in [2.24, 2.45) is 11.8 Å². The fraction of sp³-hybridized carbons (Fsp3) is 0.467. The van der Waals surface area contributed by atoms with Crippen molar-refractivity contribution in [3.63, 3.8) is 0 Å². The van der Waals surface area contributed by atoms with Gasteiger partial charge in [0.2, 0.25) is 5.95 Å². The van der Waals surface area contributed by atoms with Crippen molar-refractivity contribution in [2.45, 2.75) is 19.4 Å². The van der Waals surface area contributed by atoms with Gasteiger partial charge >= 0.3 is 5.97 Å². The van der Waals surface area contributed by atoms with Gasteiger partial charge in [0, 0.05) is 31.0 Å². The van der Waals surface area contributed by atoms with Crippen LogP contribution in [0.15, 0.2) is 18.6 Å². The highest BCUT2D eigenvalue weighted by molar-refractivity contribution is 5.86. The van der Waals surface area contributed by atoms with Gasteiger partial charge in [0.15, 0.2) is 0 Å². The molecule has 1 N–H and O–H groups in total. The average molecular weight is 335 g/mol. The van der Waals surface area contributed by atoms with Crippen LogP contribution < -0.4 is 4.90 Å². The standard InChI is InChI=1S/C15H15F2N5O2/c16-13(17)12-10(6-22-7-11(3-19-22)14(23)24)2-18-15(20-12)21-4-8-1-9(8)5-21/h2-3,7-9,13H,1,4-6H2,(H,23,24). The van der Waals surface area contributed by atoms with Crippen LogP contribution in [0, 0.1) is 11.8 Å². The Morgan fingerprint density at radius 1 is 1.33 bits per heavy atom. The second-order valence-corrected chi connectivity index (χ2v) is 6.27. The molecule has 7 nitrogen and oxygen atoms in total. The number of carboxylic acid groups (broad SMARTS) is 1. The Balaban J connectivity index is 1.58. The van der Waals surface area contributed by atoms with E-state index in [1.807, 2.05) is 4.90 Å². The highest BCUT2D eigenvalue weighted by atomic mass is 19.3. The summed E-state index contributed by atoms with van der Waals surface area (Å²) in [7, 11) is 0. The number of aromatic carboxylic acids is 1. The first-order valence-corrected chi connectivity index (χ1v) is 7.66. The molecule has 1 saturated heterocycles. The van der Waals surface area contributed by atoms with E-state index in [1.165, 1.54) is 29.7 Å². The number of carboxylic acids is 1. The molecule has 2 unspecified atom stereocenters. The van der Waals surface area contributed by atoms with E-state index < -0.39 is 12.4 Å². The molecule has 0 radical (unpaired) electrons. The maximum atomic E-state index is 13.4. The van der Waals surface area contributed by atoms with E-state index in [9.17, 15) is 13.6 Å². The highest BCUT2D eigenvalue weighted by Gasteiger charge is 2.46. The van der Waals surface area contributed by atoms with E-state index in [0.717, 1.165) is 13.1 Å². The van der Waals surface area contributed by atoms with Gasteiger partial charge in [-0.15, -0.1) is 0 Å². The van der Waals surface area contributed by atoms with Crippen molar-refractivity contribution in [3.05, 3.63) is 35.4 Å². The Labute approximate surface area is 135 Å². The summed E-state index contributed by atoms with van der Waals surface area (Å²) in [5, 5.41) is 12.8. The van der Waals surface area contributed by atoms with Gasteiger partial charge in [0.25, 0.3) is 6.43 Å². The minimum absolute atomic E-state index is 0.00150. The van der Waals surface area contributed by atoms with E-state index >= 15 is 0 Å². The molecule has 9 heteroatoms. The summed E-state index contributed by atoms with van der Waals surface area (Å²) in [5.41, 5.74) is -0.0893. The van der Waals surface area contributed by atoms with Gasteiger partial charge in [0.1, 0.15) is 5.69 Å². The molecule has 2 atom stereocenters. The quantitative estimate of drug-likeness (QED) is 0.897. The first-order valence-electron chi connectivity index (χ1n) is 7.66. The fourth-order valence-electron chi connectivity index (χ4n) is 3.17. The van der Waals surface area contributed by atoms with E-state index in [4.69, 9.17) is 5.11 Å². The number of rotatable bonds is 5. The maximum Gasteiger partial charge on any atom is 0.338 e. The Morgan fingerprint density at radius 2 is 2.08 bits per heavy atom. The Kier molecular flexibility index (Phi) is 3.43. The molecule has 3 heterocycles. The predicted octanol–water partition coefficient (Wildman–Crippen LogP) is 1.81. The van der Waals surface area contributed by atoms with Gasteiger partial charge in [-0.3, -0.25) is 4.68 Å². The van der Waals surface area contributed by atoms with Crippen LogP contribution in [0.2, 0.25) is 0 Å². The van der Waals surface area contributed by atoms with Crippen LogP contribution in [0.4, 0.5) is 14.7 Å². The zero-order valence-corrected chi connectivity index (χ0v) is 12.6. The molecular weight excluding hydrogens is 320 g/mol. The summed E-state index contributed by atoms with van der Waals surface area (Å²) in [4.78, 5) is 21.1. The van der Waals surface area contributed by atoms with Gasteiger partial charge < -0.3 is 10.0 Å². The molecule has 2 aromatic heterocycles. The van der Waals surface area contributed by atoms with Crippen molar-refractivity contribution < 1.29 is 18.7 Å². The van der Waals surface area contributed by atoms with Crippen LogP contribution in [-0.4, -0.2) is 43.9 Å². The van der Waals surface area contributed by atoms with Crippen molar-refractivity contribution in [2.75, 3.05) is 18.0 Å². The summed E-state index contributed by atoms with van der Waals surface area (Å²) >= 11 is 0. The van der Waals surface area contributed by atoms with Crippen LogP contribution in [0.5, 0.6) is 0 Å². The molecule has 0 aromatic carbocycles. The van der Waals surface area contributed by atoms with E-state index in [-0.39, 0.29) is 23.4 Å². The normalized spacial score (nSPS) is 22.0. The molecule has 24 heavy (non-hydrogen) atoms. The molecule has 4 rings (SSSR count). The Bertz CT molecular complexity index is 784. The summed E-state index contributed by atoms with van der Waals surface area (Å²) in [5.74, 6) is 0.533. The van der Waals surface area contributed by atoms with Gasteiger partial charge in [-0.25, -0.2) is 23.5 Å². The number of fused-ring (bicyclic) bond motifs is 1. The van der Waals surface area contributed by atoms with Gasteiger partial charge in [-0.2, -0.15) is 5.10 Å². The molecule has 1 saturated carbocycles. The lowest BCUT2D eigenvalue weighted by atomic mass is 10.2. The minimum Gasteiger partial charge on any atom is -0.478 e. The second-order valence-electron chi connectivity index (χ2n) is 6.27. The second kappa shape index (κ2) is 5.50. The monoisotopic (exact) mass is 335 g/mol. The third kappa shape index (κ3) is 2.70. The molecule has 1 aliphatic heterocycles. The molecule has 1 aliphatic carbocycles. The van der Waals surface area contributed by atoms with E-state index in [1.54, 1.807) is 0 Å². The largest absolute Gasteiger partial charge is 0.478 e. The summed E-state index contributed by atoms with van der Waals surface area (Å²) in [6.07, 6.45) is 2.33. The number of hydrogen-bond donors (Lipinski definition) is 1. The van der Waals surface area contributed by atoms with Crippen LogP contribution in [0.25, 0.3) is 0 Å². The van der Waals surface area contributed by atoms with E-state index in [2.05, 4.69) is 15.1 Å². The number of alkyl halides is 2. The zero-order chi connectivity index (χ0) is 16.8. The van der Waals surface area contributed by atoms with Gasteiger partial charge in [-0.05, 0) is 18.3 Å². The third-order valence-corrected chi connectivity index (χ3v) is 4.57. The van der Waals surface area contributed by atoms with Gasteiger partial charge in [0.05, 0.1) is 18.3 Å². The van der Waals surface area contributed by atoms with Crippen LogP contribution >= 0.6 is 0 Å². The topological polar surface area (TPSA) is 84.1 Å². The minimum atomic E-state index is -2.73. The van der Waals surface area contributed by atoms with Gasteiger partial charge in [-0.1, -0.05) is 0 Å². The third-order valence-electron chi connectivity index (χ3n) is 4.57. The fourth-order valence-corrected chi connectivity index (χ4v) is 3.17. The Hall–Kier alpha value is -2.58. The molecular formula is C15H15F2N5O2. The Morgan fingerprint density at radius 3 is 2.71 bits per heavy atom. The number of carbonyl (C=O) groups is 1.